The summed E-state index contributed by atoms with van der Waals surface area (Å²) < 4.78 is 113. The quantitative estimate of drug-likeness (QED) is 0.363. The van der Waals surface area contributed by atoms with Gasteiger partial charge in [0.2, 0.25) is 10.0 Å². The van der Waals surface area contributed by atoms with Crippen LogP contribution in [-0.4, -0.2) is 29.6 Å². The van der Waals surface area contributed by atoms with Crippen molar-refractivity contribution in [2.45, 2.75) is 64.1 Å². The molecule has 0 radical (unpaired) electrons. The molecule has 0 bridgehead atoms. The molecule has 1 atom stereocenters. The number of sulfonamides is 1. The fraction of sp³-hybridized carbons (Fsp3) is 0.458. The summed E-state index contributed by atoms with van der Waals surface area (Å²) in [6.45, 7) is 5.84. The van der Waals surface area contributed by atoms with Crippen LogP contribution in [0.2, 0.25) is 0 Å². The Bertz CT molecular complexity index is 1390. The molecule has 1 aliphatic carbocycles. The van der Waals surface area contributed by atoms with Gasteiger partial charge in [-0.1, -0.05) is 20.8 Å². The van der Waals surface area contributed by atoms with Gasteiger partial charge >= 0.3 is 6.18 Å². The molecule has 0 aliphatic heterocycles. The monoisotopic (exact) mass is 533 g/mol. The van der Waals surface area contributed by atoms with Crippen molar-refractivity contribution < 1.29 is 34.8 Å². The molecule has 0 saturated heterocycles. The maximum atomic E-state index is 15.3. The third kappa shape index (κ3) is 5.39. The summed E-state index contributed by atoms with van der Waals surface area (Å²) in [5, 5.41) is -0.774. The van der Waals surface area contributed by atoms with Crippen molar-refractivity contribution in [2.75, 3.05) is 0 Å². The van der Waals surface area contributed by atoms with E-state index in [0.717, 1.165) is 30.5 Å². The molecule has 1 aliphatic rings. The lowest BCUT2D eigenvalue weighted by Gasteiger charge is -2.20. The molecule has 1 fully saturated rings. The molecule has 4 rings (SSSR count). The zero-order chi connectivity index (χ0) is 26.6. The Morgan fingerprint density at radius 3 is 2.39 bits per heavy atom. The van der Waals surface area contributed by atoms with E-state index >= 15 is 4.39 Å². The van der Waals surface area contributed by atoms with Crippen LogP contribution in [0.5, 0.6) is 0 Å². The van der Waals surface area contributed by atoms with Crippen molar-refractivity contribution in [3.8, 4) is 11.3 Å². The van der Waals surface area contributed by atoms with Crippen LogP contribution < -0.4 is 4.72 Å². The number of nitrogens with zero attached hydrogens (tertiary/aromatic N) is 2. The first kappa shape index (κ1) is 26.5. The number of halogens is 6. The number of hydrogen-bond acceptors (Lipinski definition) is 3. The molecule has 2 heterocycles. The highest BCUT2D eigenvalue weighted by molar-refractivity contribution is 7.90. The normalized spacial score (nSPS) is 16.2. The second-order valence-electron chi connectivity index (χ2n) is 10.2. The first-order chi connectivity index (χ1) is 16.6. The van der Waals surface area contributed by atoms with E-state index in [9.17, 15) is 30.4 Å². The van der Waals surface area contributed by atoms with Gasteiger partial charge in [0.15, 0.2) is 0 Å². The van der Waals surface area contributed by atoms with Gasteiger partial charge in [-0.3, -0.25) is 4.98 Å². The minimum atomic E-state index is -4.80. The number of nitrogens with one attached hydrogen (secondary N) is 1. The van der Waals surface area contributed by atoms with Crippen molar-refractivity contribution in [1.82, 2.24) is 14.3 Å². The Hall–Kier alpha value is -2.60. The number of hydrogen-bond donors (Lipinski definition) is 1. The van der Waals surface area contributed by atoms with Crippen LogP contribution in [0.25, 0.3) is 22.2 Å². The first-order valence-electron chi connectivity index (χ1n) is 11.2. The van der Waals surface area contributed by atoms with Crippen LogP contribution in [0.4, 0.5) is 26.3 Å². The molecule has 5 nitrogen and oxygen atoms in total. The van der Waals surface area contributed by atoms with E-state index in [2.05, 4.69) is 9.71 Å². The molecular weight excluding hydrogens is 508 g/mol. The molecule has 0 amide bonds. The molecular formula is C24H25F6N3O2S. The van der Waals surface area contributed by atoms with Crippen molar-refractivity contribution in [2.24, 2.45) is 5.41 Å². The number of rotatable bonds is 7. The van der Waals surface area contributed by atoms with E-state index in [-0.39, 0.29) is 23.0 Å². The van der Waals surface area contributed by atoms with E-state index < -0.39 is 62.0 Å². The van der Waals surface area contributed by atoms with Gasteiger partial charge in [-0.25, -0.2) is 26.3 Å². The van der Waals surface area contributed by atoms with Gasteiger partial charge in [-0.2, -0.15) is 13.2 Å². The summed E-state index contributed by atoms with van der Waals surface area (Å²) in [6.07, 6.45) is -4.81. The maximum Gasteiger partial charge on any atom is 0.418 e. The van der Waals surface area contributed by atoms with Crippen LogP contribution in [0.1, 0.15) is 50.8 Å². The van der Waals surface area contributed by atoms with Gasteiger partial charge in [0.25, 0.3) is 6.43 Å². The highest BCUT2D eigenvalue weighted by Crippen LogP contribution is 2.40. The zero-order valence-electron chi connectivity index (χ0n) is 19.7. The Kier molecular flexibility index (Phi) is 6.66. The summed E-state index contributed by atoms with van der Waals surface area (Å²) in [5.41, 5.74) is -2.58. The van der Waals surface area contributed by atoms with Gasteiger partial charge < -0.3 is 4.57 Å². The highest BCUT2D eigenvalue weighted by atomic mass is 32.2. The molecule has 1 aromatic carbocycles. The molecule has 196 valence electrons. The van der Waals surface area contributed by atoms with Crippen molar-refractivity contribution in [1.29, 1.82) is 0 Å². The number of pyridine rings is 1. The average molecular weight is 534 g/mol. The molecule has 36 heavy (non-hydrogen) atoms. The third-order valence-electron chi connectivity index (χ3n) is 5.86. The number of fused-ring (bicyclic) bond motifs is 1. The van der Waals surface area contributed by atoms with Crippen molar-refractivity contribution in [3.05, 3.63) is 53.6 Å². The van der Waals surface area contributed by atoms with E-state index in [4.69, 9.17) is 0 Å². The van der Waals surface area contributed by atoms with Gasteiger partial charge in [0.1, 0.15) is 11.9 Å². The predicted molar refractivity (Wildman–Crippen MR) is 123 cm³/mol. The van der Waals surface area contributed by atoms with Crippen molar-refractivity contribution >= 4 is 20.9 Å². The summed E-state index contributed by atoms with van der Waals surface area (Å²) in [6, 6.07) is 1.93. The lowest BCUT2D eigenvalue weighted by Crippen LogP contribution is -2.35. The largest absolute Gasteiger partial charge is 0.418 e. The fourth-order valence-corrected chi connectivity index (χ4v) is 5.69. The van der Waals surface area contributed by atoms with Gasteiger partial charge in [-0.05, 0) is 42.5 Å². The summed E-state index contributed by atoms with van der Waals surface area (Å²) >= 11 is 0. The highest BCUT2D eigenvalue weighted by Gasteiger charge is 2.40. The minimum absolute atomic E-state index is 0.0196. The Balaban J connectivity index is 1.94. The van der Waals surface area contributed by atoms with Crippen LogP contribution >= 0.6 is 0 Å². The van der Waals surface area contributed by atoms with E-state index in [1.807, 2.05) is 20.8 Å². The van der Waals surface area contributed by atoms with E-state index in [1.54, 1.807) is 0 Å². The lowest BCUT2D eigenvalue weighted by atomic mass is 9.96. The fourth-order valence-electron chi connectivity index (χ4n) is 4.16. The predicted octanol–water partition coefficient (Wildman–Crippen LogP) is 6.30. The smallest absolute Gasteiger partial charge is 0.347 e. The lowest BCUT2D eigenvalue weighted by molar-refractivity contribution is -0.137. The second-order valence-corrected chi connectivity index (χ2v) is 12.2. The molecule has 1 N–H and O–H groups in total. The maximum absolute atomic E-state index is 15.3. The molecule has 12 heteroatoms. The van der Waals surface area contributed by atoms with Crippen molar-refractivity contribution in [3.63, 3.8) is 0 Å². The molecule has 0 unspecified atom stereocenters. The number of benzene rings is 1. The summed E-state index contributed by atoms with van der Waals surface area (Å²) in [5.74, 6) is -1.10. The molecule has 2 aromatic heterocycles. The van der Waals surface area contributed by atoms with Crippen LogP contribution in [0, 0.1) is 11.2 Å². The molecule has 3 aromatic rings. The third-order valence-corrected chi connectivity index (χ3v) is 7.79. The van der Waals surface area contributed by atoms with Crippen LogP contribution in [0.15, 0.2) is 36.7 Å². The number of alkyl halides is 5. The van der Waals surface area contributed by atoms with E-state index in [1.165, 1.54) is 10.8 Å². The van der Waals surface area contributed by atoms with Crippen LogP contribution in [-0.2, 0) is 22.7 Å². The van der Waals surface area contributed by atoms with E-state index in [0.29, 0.717) is 12.8 Å². The Morgan fingerprint density at radius 1 is 1.17 bits per heavy atom. The van der Waals surface area contributed by atoms with Gasteiger partial charge in [0, 0.05) is 41.0 Å². The standard InChI is InChI=1S/C24H25F6N3O2S/c1-23(2,3)12-33-11-16(21(22(26)27)32-36(34,35)13-6-7-13)14-9-18(25)15(10-19(14)33)20-17(24(28,29)30)5-4-8-31-20/h4-5,8-11,13,21-22,32H,6-7,12H2,1-3H3/t21-/m0/s1. The summed E-state index contributed by atoms with van der Waals surface area (Å²) in [4.78, 5) is 3.75. The average Bonchev–Trinajstić information content (AvgIpc) is 3.55. The minimum Gasteiger partial charge on any atom is -0.347 e. The molecule has 1 saturated carbocycles. The van der Waals surface area contributed by atoms with Gasteiger partial charge in [0.05, 0.1) is 16.5 Å². The topological polar surface area (TPSA) is 64.0 Å². The first-order valence-corrected chi connectivity index (χ1v) is 12.8. The summed E-state index contributed by atoms with van der Waals surface area (Å²) in [7, 11) is -4.03. The van der Waals surface area contributed by atoms with Crippen LogP contribution in [0.3, 0.4) is 0 Å². The number of aromatic nitrogens is 2. The Morgan fingerprint density at radius 2 is 1.83 bits per heavy atom. The molecule has 0 spiro atoms. The van der Waals surface area contributed by atoms with Gasteiger partial charge in [-0.15, -0.1) is 0 Å². The second kappa shape index (κ2) is 9.05. The Labute approximate surface area is 204 Å². The SMILES string of the molecule is CC(C)(C)Cn1cc([C@H](NS(=O)(=O)C2CC2)C(F)F)c2cc(F)c(-c3ncccc3C(F)(F)F)cc21. The zero-order valence-corrected chi connectivity index (χ0v) is 20.5.